The van der Waals surface area contributed by atoms with Gasteiger partial charge in [0, 0.05) is 52.5 Å². The van der Waals surface area contributed by atoms with Gasteiger partial charge in [-0.1, -0.05) is 20.8 Å². The average molecular weight is 335 g/mol. The molecule has 0 N–H and O–H groups in total. The summed E-state index contributed by atoms with van der Waals surface area (Å²) < 4.78 is 10.4. The second kappa shape index (κ2) is 8.67. The van der Waals surface area contributed by atoms with Crippen LogP contribution in [0.3, 0.4) is 0 Å². The average Bonchev–Trinajstić information content (AvgIpc) is 2.55. The van der Waals surface area contributed by atoms with Crippen molar-refractivity contribution >= 4 is 5.69 Å². The van der Waals surface area contributed by atoms with E-state index in [0.717, 1.165) is 39.3 Å². The van der Waals surface area contributed by atoms with Crippen LogP contribution >= 0.6 is 0 Å². The number of pyridine rings is 1. The van der Waals surface area contributed by atoms with Crippen molar-refractivity contribution in [3.63, 3.8) is 0 Å². The molecule has 2 rings (SSSR count). The third-order valence-electron chi connectivity index (χ3n) is 4.67. The van der Waals surface area contributed by atoms with Crippen LogP contribution in [0.5, 0.6) is 5.88 Å². The molecular weight excluding hydrogens is 302 g/mol. The summed E-state index contributed by atoms with van der Waals surface area (Å²) in [6, 6.07) is 4.03. The minimum absolute atomic E-state index is 0.321. The number of rotatable bonds is 8. The number of nitrogens with zero attached hydrogens (tertiary/aromatic N) is 3. The van der Waals surface area contributed by atoms with Gasteiger partial charge in [0.05, 0.1) is 19.0 Å². The molecule has 1 saturated heterocycles. The monoisotopic (exact) mass is 335 g/mol. The van der Waals surface area contributed by atoms with E-state index >= 15 is 0 Å². The zero-order valence-corrected chi connectivity index (χ0v) is 15.9. The standard InChI is InChI=1S/C19H33N3O2/c1-16(14-23-4)12-19(2,3)15-21-8-10-22(11-9-21)17-6-7-18(24-5)20-13-17/h6-7,13,16H,8-12,14-15H2,1-5H3. The molecule has 0 aliphatic carbocycles. The van der Waals surface area contributed by atoms with Crippen molar-refractivity contribution in [2.24, 2.45) is 11.3 Å². The summed E-state index contributed by atoms with van der Waals surface area (Å²) in [5.74, 6) is 1.28. The maximum atomic E-state index is 5.28. The van der Waals surface area contributed by atoms with Crippen molar-refractivity contribution in [2.75, 3.05) is 58.5 Å². The normalized spacial score (nSPS) is 17.8. The first-order valence-electron chi connectivity index (χ1n) is 8.90. The summed E-state index contributed by atoms with van der Waals surface area (Å²) in [5, 5.41) is 0. The van der Waals surface area contributed by atoms with Gasteiger partial charge in [0.25, 0.3) is 0 Å². The molecule has 5 nitrogen and oxygen atoms in total. The minimum Gasteiger partial charge on any atom is -0.481 e. The Balaban J connectivity index is 1.81. The maximum Gasteiger partial charge on any atom is 0.213 e. The molecule has 0 aromatic carbocycles. The molecule has 0 spiro atoms. The lowest BCUT2D eigenvalue weighted by atomic mass is 9.83. The first kappa shape index (κ1) is 19.0. The van der Waals surface area contributed by atoms with Crippen LogP contribution in [0, 0.1) is 11.3 Å². The van der Waals surface area contributed by atoms with Crippen LogP contribution in [-0.2, 0) is 4.74 Å². The number of aromatic nitrogens is 1. The summed E-state index contributed by atoms with van der Waals surface area (Å²) in [6.45, 7) is 13.3. The van der Waals surface area contributed by atoms with E-state index in [9.17, 15) is 0 Å². The lowest BCUT2D eigenvalue weighted by molar-refractivity contribution is 0.104. The number of hydrogen-bond acceptors (Lipinski definition) is 5. The first-order chi connectivity index (χ1) is 11.4. The summed E-state index contributed by atoms with van der Waals surface area (Å²) >= 11 is 0. The molecule has 1 fully saturated rings. The van der Waals surface area contributed by atoms with Gasteiger partial charge in [-0.15, -0.1) is 0 Å². The Bertz CT molecular complexity index is 482. The van der Waals surface area contributed by atoms with E-state index in [2.05, 4.69) is 41.6 Å². The molecule has 0 radical (unpaired) electrons. The molecular formula is C19H33N3O2. The lowest BCUT2D eigenvalue weighted by Crippen LogP contribution is -2.49. The number of ether oxygens (including phenoxy) is 2. The summed E-state index contributed by atoms with van der Waals surface area (Å²) in [7, 11) is 3.44. The lowest BCUT2D eigenvalue weighted by Gasteiger charge is -2.40. The summed E-state index contributed by atoms with van der Waals surface area (Å²) in [5.41, 5.74) is 1.50. The Labute approximate surface area is 147 Å². The van der Waals surface area contributed by atoms with E-state index < -0.39 is 0 Å². The molecule has 0 saturated carbocycles. The summed E-state index contributed by atoms with van der Waals surface area (Å²) in [4.78, 5) is 9.31. The van der Waals surface area contributed by atoms with Gasteiger partial charge in [-0.25, -0.2) is 4.98 Å². The van der Waals surface area contributed by atoms with Crippen LogP contribution < -0.4 is 9.64 Å². The van der Waals surface area contributed by atoms with Crippen LogP contribution in [0.2, 0.25) is 0 Å². The van der Waals surface area contributed by atoms with Gasteiger partial charge in [0.1, 0.15) is 0 Å². The van der Waals surface area contributed by atoms with Crippen molar-refractivity contribution in [1.82, 2.24) is 9.88 Å². The van der Waals surface area contributed by atoms with Crippen LogP contribution in [0.25, 0.3) is 0 Å². The van der Waals surface area contributed by atoms with Gasteiger partial charge in [-0.05, 0) is 23.8 Å². The number of anilines is 1. The molecule has 1 aromatic rings. The third kappa shape index (κ3) is 5.64. The number of hydrogen-bond donors (Lipinski definition) is 0. The molecule has 1 aliphatic heterocycles. The highest BCUT2D eigenvalue weighted by Crippen LogP contribution is 2.28. The molecule has 5 heteroatoms. The van der Waals surface area contributed by atoms with Crippen LogP contribution in [0.4, 0.5) is 5.69 Å². The van der Waals surface area contributed by atoms with E-state index in [1.807, 2.05) is 12.3 Å². The zero-order chi connectivity index (χ0) is 17.6. The highest BCUT2D eigenvalue weighted by molar-refractivity contribution is 5.45. The van der Waals surface area contributed by atoms with Crippen molar-refractivity contribution in [2.45, 2.75) is 27.2 Å². The molecule has 1 aromatic heterocycles. The van der Waals surface area contributed by atoms with Gasteiger partial charge in [-0.3, -0.25) is 4.90 Å². The van der Waals surface area contributed by atoms with Gasteiger partial charge in [-0.2, -0.15) is 0 Å². The quantitative estimate of drug-likeness (QED) is 0.730. The van der Waals surface area contributed by atoms with E-state index in [4.69, 9.17) is 9.47 Å². The fraction of sp³-hybridized carbons (Fsp3) is 0.737. The first-order valence-corrected chi connectivity index (χ1v) is 8.90. The third-order valence-corrected chi connectivity index (χ3v) is 4.67. The highest BCUT2D eigenvalue weighted by Gasteiger charge is 2.26. The molecule has 1 atom stereocenters. The Morgan fingerprint density at radius 1 is 1.17 bits per heavy atom. The number of piperazine rings is 1. The maximum absolute atomic E-state index is 5.28. The van der Waals surface area contributed by atoms with E-state index in [1.54, 1.807) is 14.2 Å². The van der Waals surface area contributed by atoms with E-state index in [0.29, 0.717) is 17.2 Å². The molecule has 136 valence electrons. The van der Waals surface area contributed by atoms with Crippen LogP contribution in [0.15, 0.2) is 18.3 Å². The van der Waals surface area contributed by atoms with Gasteiger partial charge >= 0.3 is 0 Å². The van der Waals surface area contributed by atoms with Crippen molar-refractivity contribution in [3.8, 4) is 5.88 Å². The Kier molecular flexibility index (Phi) is 6.87. The predicted molar refractivity (Wildman–Crippen MR) is 98.9 cm³/mol. The molecule has 0 bridgehead atoms. The second-order valence-corrected chi connectivity index (χ2v) is 7.75. The zero-order valence-electron chi connectivity index (χ0n) is 15.9. The van der Waals surface area contributed by atoms with Crippen molar-refractivity contribution in [3.05, 3.63) is 18.3 Å². The molecule has 0 amide bonds. The molecule has 2 heterocycles. The van der Waals surface area contributed by atoms with Crippen LogP contribution in [-0.4, -0.2) is 63.4 Å². The molecule has 24 heavy (non-hydrogen) atoms. The molecule has 1 unspecified atom stereocenters. The SMILES string of the molecule is COCC(C)CC(C)(C)CN1CCN(c2ccc(OC)nc2)CC1. The Morgan fingerprint density at radius 2 is 1.88 bits per heavy atom. The number of methoxy groups -OCH3 is 2. The largest absolute Gasteiger partial charge is 0.481 e. The molecule has 1 aliphatic rings. The fourth-order valence-corrected chi connectivity index (χ4v) is 3.80. The van der Waals surface area contributed by atoms with Gasteiger partial charge < -0.3 is 14.4 Å². The van der Waals surface area contributed by atoms with E-state index in [-0.39, 0.29) is 0 Å². The van der Waals surface area contributed by atoms with E-state index in [1.165, 1.54) is 12.1 Å². The smallest absolute Gasteiger partial charge is 0.213 e. The fourth-order valence-electron chi connectivity index (χ4n) is 3.80. The Hall–Kier alpha value is -1.33. The van der Waals surface area contributed by atoms with Gasteiger partial charge in [0.2, 0.25) is 5.88 Å². The predicted octanol–water partition coefficient (Wildman–Crippen LogP) is 2.91. The van der Waals surface area contributed by atoms with Gasteiger partial charge in [0.15, 0.2) is 0 Å². The second-order valence-electron chi connectivity index (χ2n) is 7.75. The van der Waals surface area contributed by atoms with Crippen molar-refractivity contribution in [1.29, 1.82) is 0 Å². The van der Waals surface area contributed by atoms with Crippen LogP contribution in [0.1, 0.15) is 27.2 Å². The highest BCUT2D eigenvalue weighted by atomic mass is 16.5. The Morgan fingerprint density at radius 3 is 2.42 bits per heavy atom. The van der Waals surface area contributed by atoms with Crippen molar-refractivity contribution < 1.29 is 9.47 Å². The minimum atomic E-state index is 0.321. The topological polar surface area (TPSA) is 37.8 Å². The summed E-state index contributed by atoms with van der Waals surface area (Å²) in [6.07, 6.45) is 3.11.